The second-order valence-corrected chi connectivity index (χ2v) is 2.32. The number of aryl methyl sites for hydroxylation is 1. The molecule has 1 aromatic rings. The molecule has 6 heteroatoms. The van der Waals surface area contributed by atoms with Gasteiger partial charge in [0.15, 0.2) is 0 Å². The van der Waals surface area contributed by atoms with Gasteiger partial charge in [-0.05, 0) is 0 Å². The molecule has 0 fully saturated rings. The van der Waals surface area contributed by atoms with Crippen LogP contribution in [0.5, 0.6) is 0 Å². The van der Waals surface area contributed by atoms with Gasteiger partial charge in [-0.3, -0.25) is 14.9 Å². The van der Waals surface area contributed by atoms with Gasteiger partial charge in [0.1, 0.15) is 5.69 Å². The Labute approximate surface area is 67.7 Å². The third-order valence-electron chi connectivity index (χ3n) is 1.45. The number of aromatic nitrogens is 1. The largest absolute Gasteiger partial charge is 0.364 e. The molecule has 0 aliphatic carbocycles. The van der Waals surface area contributed by atoms with Crippen molar-refractivity contribution in [2.24, 2.45) is 12.8 Å². The number of hydrogen-bond acceptors (Lipinski definition) is 3. The second kappa shape index (κ2) is 2.65. The molecule has 0 bridgehead atoms. The van der Waals surface area contributed by atoms with Gasteiger partial charge in [0.2, 0.25) is 0 Å². The van der Waals surface area contributed by atoms with Crippen molar-refractivity contribution in [2.75, 3.05) is 0 Å². The maximum absolute atomic E-state index is 10.6. The van der Waals surface area contributed by atoms with Crippen molar-refractivity contribution in [1.29, 1.82) is 0 Å². The molecule has 0 spiro atoms. The van der Waals surface area contributed by atoms with Crippen molar-refractivity contribution in [3.8, 4) is 0 Å². The van der Waals surface area contributed by atoms with Crippen LogP contribution in [0.4, 0.5) is 5.69 Å². The van der Waals surface area contributed by atoms with Gasteiger partial charge in [0.05, 0.1) is 11.1 Å². The van der Waals surface area contributed by atoms with Crippen LogP contribution in [0.15, 0.2) is 12.3 Å². The summed E-state index contributed by atoms with van der Waals surface area (Å²) < 4.78 is 1.32. The number of nitrogens with two attached hydrogens (primary N) is 1. The van der Waals surface area contributed by atoms with E-state index in [1.165, 1.54) is 17.8 Å². The third-order valence-corrected chi connectivity index (χ3v) is 1.45. The lowest BCUT2D eigenvalue weighted by Gasteiger charge is -1.93. The molecular weight excluding hydrogens is 162 g/mol. The van der Waals surface area contributed by atoms with Gasteiger partial charge in [-0.1, -0.05) is 0 Å². The first-order valence-corrected chi connectivity index (χ1v) is 3.13. The summed E-state index contributed by atoms with van der Waals surface area (Å²) in [6.07, 6.45) is 1.24. The first kappa shape index (κ1) is 8.25. The van der Waals surface area contributed by atoms with E-state index in [1.54, 1.807) is 0 Å². The standard InChI is InChI=1S/C6H7N3O3/c1-8-3-4(9(11)12)2-5(8)6(7)10/h2-3H,1H3,(H2,7,10). The van der Waals surface area contributed by atoms with Crippen LogP contribution < -0.4 is 5.73 Å². The average molecular weight is 169 g/mol. The molecule has 0 radical (unpaired) electrons. The van der Waals surface area contributed by atoms with Gasteiger partial charge >= 0.3 is 0 Å². The first-order valence-electron chi connectivity index (χ1n) is 3.13. The van der Waals surface area contributed by atoms with Crippen LogP contribution in [0.1, 0.15) is 10.5 Å². The van der Waals surface area contributed by atoms with Gasteiger partial charge in [-0.2, -0.15) is 0 Å². The van der Waals surface area contributed by atoms with Crippen molar-refractivity contribution in [1.82, 2.24) is 4.57 Å². The number of hydrogen-bond donors (Lipinski definition) is 1. The lowest BCUT2D eigenvalue weighted by molar-refractivity contribution is -0.384. The summed E-state index contributed by atoms with van der Waals surface area (Å²) in [5.41, 5.74) is 4.94. The summed E-state index contributed by atoms with van der Waals surface area (Å²) >= 11 is 0. The van der Waals surface area contributed by atoms with Crippen molar-refractivity contribution < 1.29 is 9.72 Å². The fourth-order valence-electron chi connectivity index (χ4n) is 0.892. The van der Waals surface area contributed by atoms with Crippen LogP contribution in [-0.2, 0) is 7.05 Å². The van der Waals surface area contributed by atoms with Gasteiger partial charge in [0.25, 0.3) is 11.6 Å². The molecule has 0 saturated carbocycles. The Kier molecular flexibility index (Phi) is 1.82. The van der Waals surface area contributed by atoms with Crippen molar-refractivity contribution in [3.63, 3.8) is 0 Å². The van der Waals surface area contributed by atoms with Gasteiger partial charge in [0, 0.05) is 13.1 Å². The fraction of sp³-hybridized carbons (Fsp3) is 0.167. The van der Waals surface area contributed by atoms with Crippen LogP contribution in [0.3, 0.4) is 0 Å². The number of carbonyl (C=O) groups is 1. The van der Waals surface area contributed by atoms with Gasteiger partial charge < -0.3 is 10.3 Å². The van der Waals surface area contributed by atoms with Crippen molar-refractivity contribution in [2.45, 2.75) is 0 Å². The average Bonchev–Trinajstić information content (AvgIpc) is 2.30. The smallest absolute Gasteiger partial charge is 0.287 e. The van der Waals surface area contributed by atoms with E-state index in [2.05, 4.69) is 0 Å². The number of amides is 1. The maximum atomic E-state index is 10.6. The molecule has 0 atom stereocenters. The van der Waals surface area contributed by atoms with Crippen LogP contribution in [0.2, 0.25) is 0 Å². The summed E-state index contributed by atoms with van der Waals surface area (Å²) in [7, 11) is 1.52. The number of rotatable bonds is 2. The molecule has 0 aromatic carbocycles. The Morgan fingerprint density at radius 2 is 2.33 bits per heavy atom. The Hall–Kier alpha value is -1.85. The normalized spacial score (nSPS) is 9.75. The molecule has 1 heterocycles. The molecule has 12 heavy (non-hydrogen) atoms. The number of nitrogens with zero attached hydrogens (tertiary/aromatic N) is 2. The van der Waals surface area contributed by atoms with E-state index in [1.807, 2.05) is 0 Å². The molecular formula is C6H7N3O3. The van der Waals surface area contributed by atoms with Crippen molar-refractivity contribution in [3.05, 3.63) is 28.1 Å². The monoisotopic (exact) mass is 169 g/mol. The maximum Gasteiger partial charge on any atom is 0.287 e. The van der Waals surface area contributed by atoms with Crippen LogP contribution >= 0.6 is 0 Å². The quantitative estimate of drug-likeness (QED) is 0.500. The zero-order valence-corrected chi connectivity index (χ0v) is 6.35. The van der Waals surface area contributed by atoms with E-state index in [4.69, 9.17) is 5.73 Å². The highest BCUT2D eigenvalue weighted by Gasteiger charge is 2.14. The minimum Gasteiger partial charge on any atom is -0.364 e. The fourth-order valence-corrected chi connectivity index (χ4v) is 0.892. The van der Waals surface area contributed by atoms with Gasteiger partial charge in [-0.25, -0.2) is 0 Å². The van der Waals surface area contributed by atoms with E-state index >= 15 is 0 Å². The second-order valence-electron chi connectivity index (χ2n) is 2.32. The molecule has 2 N–H and O–H groups in total. The topological polar surface area (TPSA) is 91.2 Å². The highest BCUT2D eigenvalue weighted by atomic mass is 16.6. The lowest BCUT2D eigenvalue weighted by Crippen LogP contribution is -2.14. The molecule has 1 aromatic heterocycles. The number of primary amides is 1. The van der Waals surface area contributed by atoms with Crippen LogP contribution in [0, 0.1) is 10.1 Å². The SMILES string of the molecule is Cn1cc([N+](=O)[O-])cc1C(N)=O. The summed E-state index contributed by atoms with van der Waals surface area (Å²) in [5, 5.41) is 10.2. The van der Waals surface area contributed by atoms with Crippen LogP contribution in [-0.4, -0.2) is 15.4 Å². The molecule has 0 aliphatic heterocycles. The third kappa shape index (κ3) is 1.26. The Bertz CT molecular complexity index is 342. The zero-order chi connectivity index (χ0) is 9.30. The van der Waals surface area contributed by atoms with E-state index in [-0.39, 0.29) is 11.4 Å². The highest BCUT2D eigenvalue weighted by Crippen LogP contribution is 2.14. The van der Waals surface area contributed by atoms with E-state index in [0.29, 0.717) is 0 Å². The highest BCUT2D eigenvalue weighted by molar-refractivity contribution is 5.92. The molecule has 0 unspecified atom stereocenters. The lowest BCUT2D eigenvalue weighted by atomic mass is 10.4. The van der Waals surface area contributed by atoms with E-state index < -0.39 is 10.8 Å². The number of carbonyl (C=O) groups excluding carboxylic acids is 1. The molecule has 0 aliphatic rings. The van der Waals surface area contributed by atoms with Gasteiger partial charge in [-0.15, -0.1) is 0 Å². The number of nitro groups is 1. The predicted molar refractivity (Wildman–Crippen MR) is 40.6 cm³/mol. The predicted octanol–water partition coefficient (Wildman–Crippen LogP) is 0.0322. The zero-order valence-electron chi connectivity index (χ0n) is 6.35. The molecule has 1 rings (SSSR count). The summed E-state index contributed by atoms with van der Waals surface area (Å²) in [4.78, 5) is 20.3. The minimum atomic E-state index is -0.675. The molecule has 0 saturated heterocycles. The van der Waals surface area contributed by atoms with E-state index in [9.17, 15) is 14.9 Å². The Morgan fingerprint density at radius 1 is 1.75 bits per heavy atom. The van der Waals surface area contributed by atoms with Crippen molar-refractivity contribution >= 4 is 11.6 Å². The van der Waals surface area contributed by atoms with Crippen LogP contribution in [0.25, 0.3) is 0 Å². The Balaban J connectivity index is 3.17. The summed E-state index contributed by atoms with van der Waals surface area (Å²) in [5.74, 6) is -0.675. The summed E-state index contributed by atoms with van der Waals surface area (Å²) in [6.45, 7) is 0. The van der Waals surface area contributed by atoms with E-state index in [0.717, 1.165) is 6.07 Å². The molecule has 6 nitrogen and oxygen atoms in total. The first-order chi connectivity index (χ1) is 5.52. The molecule has 64 valence electrons. The Morgan fingerprint density at radius 3 is 2.58 bits per heavy atom. The minimum absolute atomic E-state index is 0.127. The molecule has 1 amide bonds. The summed E-state index contributed by atoms with van der Waals surface area (Å²) in [6, 6.07) is 1.14.